The highest BCUT2D eigenvalue weighted by atomic mass is 19.1. The number of rotatable bonds is 12. The van der Waals surface area contributed by atoms with Gasteiger partial charge in [-0.15, -0.1) is 0 Å². The van der Waals surface area contributed by atoms with Crippen molar-refractivity contribution in [3.63, 3.8) is 0 Å². The van der Waals surface area contributed by atoms with Crippen molar-refractivity contribution >= 4 is 47.1 Å². The fourth-order valence-corrected chi connectivity index (χ4v) is 8.21. The van der Waals surface area contributed by atoms with Gasteiger partial charge in [0.05, 0.1) is 30.2 Å². The first-order valence-electron chi connectivity index (χ1n) is 21.7. The van der Waals surface area contributed by atoms with Gasteiger partial charge in [-0.3, -0.25) is 9.59 Å². The van der Waals surface area contributed by atoms with Gasteiger partial charge in [0.2, 0.25) is 11.8 Å². The van der Waals surface area contributed by atoms with Gasteiger partial charge in [0.25, 0.3) is 0 Å². The zero-order valence-electron chi connectivity index (χ0n) is 38.1. The number of fused-ring (bicyclic) bond motifs is 3. The summed E-state index contributed by atoms with van der Waals surface area (Å²) in [6.07, 6.45) is 11.5. The molecule has 0 heterocycles. The molecule has 0 fully saturated rings. The molecule has 0 unspecified atom stereocenters. The lowest BCUT2D eigenvalue weighted by Crippen LogP contribution is -2.40. The van der Waals surface area contributed by atoms with Crippen LogP contribution in [0, 0.1) is 17.5 Å². The topological polar surface area (TPSA) is 81.9 Å². The van der Waals surface area contributed by atoms with Gasteiger partial charge in [-0.25, -0.2) is 13.2 Å². The number of halogens is 3. The van der Waals surface area contributed by atoms with Gasteiger partial charge in [-0.2, -0.15) is 0 Å². The summed E-state index contributed by atoms with van der Waals surface area (Å²) in [5.74, 6) is -0.823. The minimum Gasteiger partial charge on any atom is -0.396 e. The highest BCUT2D eigenvalue weighted by molar-refractivity contribution is 5.83. The second kappa shape index (κ2) is 19.5. The Morgan fingerprint density at radius 1 is 0.581 bits per heavy atom. The molecular weight excluding hydrogens is 784 g/mol. The first-order chi connectivity index (χ1) is 29.3. The number of nitrogen functional groups attached to an aromatic ring is 1. The second-order valence-electron chi connectivity index (χ2n) is 17.7. The number of amides is 2. The maximum atomic E-state index is 15.5. The molecule has 7 nitrogen and oxygen atoms in total. The molecule has 4 aromatic carbocycles. The van der Waals surface area contributed by atoms with Gasteiger partial charge in [0.15, 0.2) is 17.5 Å². The van der Waals surface area contributed by atoms with Gasteiger partial charge >= 0.3 is 0 Å². The van der Waals surface area contributed by atoms with Crippen LogP contribution in [0.2, 0.25) is 0 Å². The van der Waals surface area contributed by atoms with Crippen molar-refractivity contribution in [2.45, 2.75) is 92.0 Å². The molecule has 330 valence electrons. The summed E-state index contributed by atoms with van der Waals surface area (Å²) in [6, 6.07) is 20.9. The van der Waals surface area contributed by atoms with E-state index in [2.05, 4.69) is 46.9 Å². The van der Waals surface area contributed by atoms with Gasteiger partial charge < -0.3 is 25.8 Å². The maximum Gasteiger partial charge on any atom is 0.242 e. The molecule has 0 saturated carbocycles. The summed E-state index contributed by atoms with van der Waals surface area (Å²) in [4.78, 5) is 30.1. The lowest BCUT2D eigenvalue weighted by Gasteiger charge is -2.29. The molecule has 10 heteroatoms. The molecule has 7 rings (SSSR count). The summed E-state index contributed by atoms with van der Waals surface area (Å²) < 4.78 is 43.4. The van der Waals surface area contributed by atoms with E-state index in [1.54, 1.807) is 28.0 Å². The van der Waals surface area contributed by atoms with Crippen LogP contribution in [0.15, 0.2) is 85.0 Å². The van der Waals surface area contributed by atoms with Crippen molar-refractivity contribution in [1.29, 1.82) is 0 Å². The van der Waals surface area contributed by atoms with Gasteiger partial charge in [-0.1, -0.05) is 127 Å². The molecule has 0 bridgehead atoms. The number of nitrogens with one attached hydrogen (secondary N) is 1. The van der Waals surface area contributed by atoms with Crippen LogP contribution in [0.1, 0.15) is 108 Å². The van der Waals surface area contributed by atoms with Crippen LogP contribution in [0.3, 0.4) is 0 Å². The molecule has 2 amide bonds. The Morgan fingerprint density at radius 2 is 1.03 bits per heavy atom. The highest BCUT2D eigenvalue weighted by Crippen LogP contribution is 2.41. The van der Waals surface area contributed by atoms with Crippen LogP contribution in [0.5, 0.6) is 0 Å². The number of likely N-dealkylation sites (N-methyl/N-ethyl adjacent to an activating group) is 2. The molecule has 0 aromatic heterocycles. The molecule has 3 N–H and O–H groups in total. The quantitative estimate of drug-likeness (QED) is 0.139. The van der Waals surface area contributed by atoms with E-state index in [4.69, 9.17) is 5.73 Å². The van der Waals surface area contributed by atoms with Gasteiger partial charge in [0, 0.05) is 65.7 Å². The van der Waals surface area contributed by atoms with E-state index in [1.807, 2.05) is 118 Å². The number of hydrogen-bond donors (Lipinski definition) is 2. The molecule has 0 aliphatic heterocycles. The minimum atomic E-state index is -0.292. The molecule has 3 aliphatic rings. The Bertz CT molecular complexity index is 2340. The van der Waals surface area contributed by atoms with Crippen LogP contribution in [0.25, 0.3) is 18.2 Å². The fraction of sp³-hybridized carbons (Fsp3) is 0.385. The number of carbonyl (C=O) groups excluding carboxylic acids is 2. The standard InChI is InChI=1S/C24H29FN2O.C17H23FN2O.C11H12FN/c1-5-26(6-2)22(28)17-27(16-18-10-8-7-9-11-18)21-13-12-20-19(23(21)25)14-15-24(20,3)4;1-5-20(6-2)15(21)11-19-14-8-7-13-12(16(14)18)9-10-17(13,3)4;1-11(2)6-5-7-8(11)3-4-9(13)10(7)12/h7-15H,5-6,16-17H2,1-4H3;7-10,19H,5-6,11H2,1-4H3;3-6H,13H2,1-2H3. The molecule has 0 atom stereocenters. The normalized spacial score (nSPS) is 15.0. The van der Waals surface area contributed by atoms with Crippen LogP contribution in [-0.2, 0) is 32.4 Å². The number of allylic oxidation sites excluding steroid dienone is 3. The predicted molar refractivity (Wildman–Crippen MR) is 252 cm³/mol. The Kier molecular flexibility index (Phi) is 14.9. The number of anilines is 3. The third-order valence-corrected chi connectivity index (χ3v) is 12.2. The number of nitrogens with zero attached hydrogens (tertiary/aromatic N) is 3. The third kappa shape index (κ3) is 10.3. The van der Waals surface area contributed by atoms with Crippen molar-refractivity contribution in [3.05, 3.63) is 141 Å². The van der Waals surface area contributed by atoms with E-state index in [1.165, 1.54) is 0 Å². The Labute approximate surface area is 367 Å². The first-order valence-corrected chi connectivity index (χ1v) is 21.7. The second-order valence-corrected chi connectivity index (χ2v) is 17.7. The van der Waals surface area contributed by atoms with Crippen molar-refractivity contribution in [2.24, 2.45) is 0 Å². The van der Waals surface area contributed by atoms with E-state index in [0.717, 1.165) is 22.3 Å². The highest BCUT2D eigenvalue weighted by Gasteiger charge is 2.31. The lowest BCUT2D eigenvalue weighted by atomic mass is 9.87. The van der Waals surface area contributed by atoms with Gasteiger partial charge in [0.1, 0.15) is 0 Å². The van der Waals surface area contributed by atoms with E-state index in [-0.39, 0.29) is 64.3 Å². The van der Waals surface area contributed by atoms with E-state index < -0.39 is 0 Å². The van der Waals surface area contributed by atoms with Crippen molar-refractivity contribution in [2.75, 3.05) is 55.2 Å². The molecule has 4 aromatic rings. The molecule has 0 saturated heterocycles. The Hall–Kier alpha value is -5.77. The largest absolute Gasteiger partial charge is 0.396 e. The predicted octanol–water partition coefficient (Wildman–Crippen LogP) is 11.1. The number of carbonyl (C=O) groups is 2. The lowest BCUT2D eigenvalue weighted by molar-refractivity contribution is -0.130. The van der Waals surface area contributed by atoms with E-state index >= 15 is 4.39 Å². The average molecular weight is 848 g/mol. The van der Waals surface area contributed by atoms with Crippen molar-refractivity contribution in [1.82, 2.24) is 9.80 Å². The molecule has 0 spiro atoms. The number of benzene rings is 4. The molecule has 3 aliphatic carbocycles. The van der Waals surface area contributed by atoms with E-state index in [0.29, 0.717) is 60.8 Å². The number of nitrogens with two attached hydrogens (primary N) is 1. The van der Waals surface area contributed by atoms with Crippen LogP contribution in [-0.4, -0.2) is 60.9 Å². The van der Waals surface area contributed by atoms with Crippen LogP contribution >= 0.6 is 0 Å². The maximum absolute atomic E-state index is 15.5. The average Bonchev–Trinajstić information content (AvgIpc) is 3.85. The van der Waals surface area contributed by atoms with Crippen LogP contribution < -0.4 is 16.0 Å². The smallest absolute Gasteiger partial charge is 0.242 e. The first kappa shape index (κ1) is 47.3. The Balaban J connectivity index is 0.000000188. The monoisotopic (exact) mass is 848 g/mol. The summed E-state index contributed by atoms with van der Waals surface area (Å²) >= 11 is 0. The summed E-state index contributed by atoms with van der Waals surface area (Å²) in [6.45, 7) is 23.6. The zero-order chi connectivity index (χ0) is 45.6. The molecular formula is C52H64F3N5O2. The van der Waals surface area contributed by atoms with E-state index in [9.17, 15) is 18.4 Å². The Morgan fingerprint density at radius 3 is 1.55 bits per heavy atom. The summed E-state index contributed by atoms with van der Waals surface area (Å²) in [5, 5.41) is 2.92. The SMILES string of the molecule is CC1(C)C=Cc2c1ccc(N)c2F.CCN(CC)C(=O)CN(Cc1ccccc1)c1ccc2c(c1F)C=CC2(C)C.CCN(CC)C(=O)CNc1ccc2c(c1F)C=CC2(C)C. The number of hydrogen-bond acceptors (Lipinski definition) is 5. The fourth-order valence-electron chi connectivity index (χ4n) is 8.21. The van der Waals surface area contributed by atoms with Crippen molar-refractivity contribution < 1.29 is 22.8 Å². The van der Waals surface area contributed by atoms with Gasteiger partial charge in [-0.05, 0) is 68.1 Å². The third-order valence-electron chi connectivity index (χ3n) is 12.2. The molecule has 0 radical (unpaired) electrons. The summed E-state index contributed by atoms with van der Waals surface area (Å²) in [5.41, 5.74) is 12.1. The zero-order valence-corrected chi connectivity index (χ0v) is 38.1. The molecule has 62 heavy (non-hydrogen) atoms. The minimum absolute atomic E-state index is 0.0108. The van der Waals surface area contributed by atoms with Crippen LogP contribution in [0.4, 0.5) is 30.2 Å². The summed E-state index contributed by atoms with van der Waals surface area (Å²) in [7, 11) is 0. The van der Waals surface area contributed by atoms with Crippen molar-refractivity contribution in [3.8, 4) is 0 Å².